The molecule has 0 saturated heterocycles. The SMILES string of the molecule is N#CSCC(=O)c1ccccc1F. The van der Waals surface area contributed by atoms with Gasteiger partial charge in [-0.1, -0.05) is 12.1 Å². The highest BCUT2D eigenvalue weighted by atomic mass is 32.2. The summed E-state index contributed by atoms with van der Waals surface area (Å²) in [5, 5.41) is 9.96. The van der Waals surface area contributed by atoms with Crippen molar-refractivity contribution in [3.05, 3.63) is 35.6 Å². The number of nitrogens with zero attached hydrogens (tertiary/aromatic N) is 1. The van der Waals surface area contributed by atoms with Crippen LogP contribution in [0.2, 0.25) is 0 Å². The molecule has 66 valence electrons. The highest BCUT2D eigenvalue weighted by Gasteiger charge is 2.09. The third-order valence-electron chi connectivity index (χ3n) is 1.44. The maximum atomic E-state index is 13.0. The van der Waals surface area contributed by atoms with E-state index < -0.39 is 5.82 Å². The molecule has 1 aromatic rings. The molecule has 0 fully saturated rings. The molecule has 0 amide bonds. The number of nitriles is 1. The van der Waals surface area contributed by atoms with Crippen LogP contribution in [0.5, 0.6) is 0 Å². The lowest BCUT2D eigenvalue weighted by Crippen LogP contribution is -2.04. The molecule has 0 radical (unpaired) electrons. The van der Waals surface area contributed by atoms with Crippen molar-refractivity contribution >= 4 is 17.5 Å². The standard InChI is InChI=1S/C9H6FNOS/c10-8-4-2-1-3-7(8)9(12)5-13-6-11/h1-4H,5H2. The van der Waals surface area contributed by atoms with E-state index in [0.29, 0.717) is 0 Å². The molecule has 0 aliphatic heterocycles. The highest BCUT2D eigenvalue weighted by Crippen LogP contribution is 2.10. The van der Waals surface area contributed by atoms with Crippen LogP contribution >= 0.6 is 11.8 Å². The molecule has 0 spiro atoms. The van der Waals surface area contributed by atoms with Gasteiger partial charge in [-0.15, -0.1) is 0 Å². The zero-order valence-electron chi connectivity index (χ0n) is 6.66. The number of carbonyl (C=O) groups excluding carboxylic acids is 1. The lowest BCUT2D eigenvalue weighted by Gasteiger charge is -1.98. The zero-order valence-corrected chi connectivity index (χ0v) is 7.47. The number of thiocyanates is 1. The Morgan fingerprint density at radius 2 is 2.23 bits per heavy atom. The fourth-order valence-electron chi connectivity index (χ4n) is 0.863. The zero-order chi connectivity index (χ0) is 9.68. The second-order valence-electron chi connectivity index (χ2n) is 2.28. The summed E-state index contributed by atoms with van der Waals surface area (Å²) < 4.78 is 13.0. The third-order valence-corrected chi connectivity index (χ3v) is 1.98. The van der Waals surface area contributed by atoms with Crippen LogP contribution in [0.1, 0.15) is 10.4 Å². The minimum absolute atomic E-state index is 0.00255. The summed E-state index contributed by atoms with van der Waals surface area (Å²) in [7, 11) is 0. The van der Waals surface area contributed by atoms with Gasteiger partial charge in [-0.25, -0.2) is 4.39 Å². The first-order valence-corrected chi connectivity index (χ1v) is 4.53. The summed E-state index contributed by atoms with van der Waals surface area (Å²) in [6, 6.07) is 5.75. The van der Waals surface area contributed by atoms with Crippen molar-refractivity contribution in [1.29, 1.82) is 5.26 Å². The van der Waals surface area contributed by atoms with E-state index in [1.54, 1.807) is 11.5 Å². The van der Waals surface area contributed by atoms with Crippen LogP contribution in [0.15, 0.2) is 24.3 Å². The summed E-state index contributed by atoms with van der Waals surface area (Å²) in [6.07, 6.45) is 0. The molecular weight excluding hydrogens is 189 g/mol. The van der Waals surface area contributed by atoms with Crippen LogP contribution < -0.4 is 0 Å². The normalized spacial score (nSPS) is 9.23. The van der Waals surface area contributed by atoms with Gasteiger partial charge >= 0.3 is 0 Å². The molecule has 1 aromatic carbocycles. The van der Waals surface area contributed by atoms with Gasteiger partial charge < -0.3 is 0 Å². The number of Topliss-reactive ketones (excluding diaryl/α,β-unsaturated/α-hetero) is 1. The van der Waals surface area contributed by atoms with E-state index in [9.17, 15) is 9.18 Å². The number of benzene rings is 1. The molecule has 0 bridgehead atoms. The Morgan fingerprint density at radius 3 is 2.85 bits per heavy atom. The smallest absolute Gasteiger partial charge is 0.176 e. The minimum atomic E-state index is -0.536. The largest absolute Gasteiger partial charge is 0.293 e. The first kappa shape index (κ1) is 9.75. The number of thioether (sulfide) groups is 1. The average molecular weight is 195 g/mol. The van der Waals surface area contributed by atoms with Gasteiger partial charge in [0.05, 0.1) is 11.3 Å². The van der Waals surface area contributed by atoms with Gasteiger partial charge in [0.1, 0.15) is 11.2 Å². The van der Waals surface area contributed by atoms with Gasteiger partial charge in [0, 0.05) is 0 Å². The van der Waals surface area contributed by atoms with Crippen molar-refractivity contribution in [2.75, 3.05) is 5.75 Å². The van der Waals surface area contributed by atoms with E-state index in [2.05, 4.69) is 0 Å². The van der Waals surface area contributed by atoms with E-state index >= 15 is 0 Å². The fourth-order valence-corrected chi connectivity index (χ4v) is 1.21. The number of hydrogen-bond acceptors (Lipinski definition) is 3. The van der Waals surface area contributed by atoms with Crippen molar-refractivity contribution < 1.29 is 9.18 Å². The number of rotatable bonds is 3. The third kappa shape index (κ3) is 2.56. The quantitative estimate of drug-likeness (QED) is 0.548. The van der Waals surface area contributed by atoms with Crippen molar-refractivity contribution in [3.8, 4) is 5.40 Å². The molecule has 0 unspecified atom stereocenters. The summed E-state index contributed by atoms with van der Waals surface area (Å²) in [4.78, 5) is 11.2. The number of halogens is 1. The molecule has 0 heterocycles. The van der Waals surface area contributed by atoms with E-state index in [4.69, 9.17) is 5.26 Å². The van der Waals surface area contributed by atoms with Crippen LogP contribution in [0.4, 0.5) is 4.39 Å². The van der Waals surface area contributed by atoms with Gasteiger partial charge in [-0.05, 0) is 23.9 Å². The van der Waals surface area contributed by atoms with Crippen LogP contribution in [0, 0.1) is 16.5 Å². The molecule has 0 aromatic heterocycles. The Hall–Kier alpha value is -1.34. The number of hydrogen-bond donors (Lipinski definition) is 0. The predicted octanol–water partition coefficient (Wildman–Crippen LogP) is 2.22. The fraction of sp³-hybridized carbons (Fsp3) is 0.111. The molecule has 4 heteroatoms. The van der Waals surface area contributed by atoms with Gasteiger partial charge in [0.2, 0.25) is 0 Å². The van der Waals surface area contributed by atoms with Crippen molar-refractivity contribution in [2.45, 2.75) is 0 Å². The molecule has 0 atom stereocenters. The topological polar surface area (TPSA) is 40.9 Å². The molecular formula is C9H6FNOS. The van der Waals surface area contributed by atoms with E-state index in [1.807, 2.05) is 0 Å². The summed E-state index contributed by atoms with van der Waals surface area (Å²) in [5.74, 6) is -0.895. The van der Waals surface area contributed by atoms with Crippen LogP contribution in [-0.4, -0.2) is 11.5 Å². The maximum absolute atomic E-state index is 13.0. The van der Waals surface area contributed by atoms with E-state index in [0.717, 1.165) is 11.8 Å². The molecule has 0 saturated carbocycles. The number of carbonyl (C=O) groups is 1. The van der Waals surface area contributed by atoms with Crippen LogP contribution in [0.25, 0.3) is 0 Å². The Morgan fingerprint density at radius 1 is 1.54 bits per heavy atom. The second kappa shape index (κ2) is 4.63. The predicted molar refractivity (Wildman–Crippen MR) is 48.8 cm³/mol. The van der Waals surface area contributed by atoms with Crippen molar-refractivity contribution in [1.82, 2.24) is 0 Å². The Bertz CT molecular complexity index is 359. The first-order chi connectivity index (χ1) is 6.25. The second-order valence-corrected chi connectivity index (χ2v) is 3.04. The van der Waals surface area contributed by atoms with Gasteiger partial charge in [0.25, 0.3) is 0 Å². The molecule has 0 aliphatic carbocycles. The first-order valence-electron chi connectivity index (χ1n) is 3.54. The molecule has 2 nitrogen and oxygen atoms in total. The monoisotopic (exact) mass is 195 g/mol. The van der Waals surface area contributed by atoms with E-state index in [1.165, 1.54) is 18.2 Å². The Balaban J connectivity index is 2.78. The van der Waals surface area contributed by atoms with E-state index in [-0.39, 0.29) is 17.1 Å². The number of ketones is 1. The lowest BCUT2D eigenvalue weighted by molar-refractivity contribution is 0.101. The van der Waals surface area contributed by atoms with Gasteiger partial charge in [0.15, 0.2) is 5.78 Å². The van der Waals surface area contributed by atoms with Gasteiger partial charge in [-0.2, -0.15) is 5.26 Å². The summed E-state index contributed by atoms with van der Waals surface area (Å²) in [5.41, 5.74) is 0.0465. The maximum Gasteiger partial charge on any atom is 0.176 e. The molecule has 13 heavy (non-hydrogen) atoms. The highest BCUT2D eigenvalue weighted by molar-refractivity contribution is 8.04. The Labute approximate surface area is 79.4 Å². The molecule has 0 aliphatic rings. The van der Waals surface area contributed by atoms with Crippen molar-refractivity contribution in [2.24, 2.45) is 0 Å². The Kier molecular flexibility index (Phi) is 3.47. The summed E-state index contributed by atoms with van der Waals surface area (Å²) >= 11 is 0.809. The average Bonchev–Trinajstić information content (AvgIpc) is 2.15. The van der Waals surface area contributed by atoms with Crippen LogP contribution in [-0.2, 0) is 0 Å². The molecule has 1 rings (SSSR count). The minimum Gasteiger partial charge on any atom is -0.293 e. The van der Waals surface area contributed by atoms with Crippen molar-refractivity contribution in [3.63, 3.8) is 0 Å². The molecule has 0 N–H and O–H groups in total. The summed E-state index contributed by atoms with van der Waals surface area (Å²) in [6.45, 7) is 0. The lowest BCUT2D eigenvalue weighted by atomic mass is 10.1. The van der Waals surface area contributed by atoms with Gasteiger partial charge in [-0.3, -0.25) is 4.79 Å². The van der Waals surface area contributed by atoms with Crippen LogP contribution in [0.3, 0.4) is 0 Å².